The molecule has 1 aromatic rings. The Hall–Kier alpha value is -2.08. The SMILES string of the molecule is CC(CNC(=O)C(C)N1CCCC(CNC(=O)OC(C)(C)C)C1)c1ccccc1. The average molecular weight is 404 g/mol. The number of carbonyl (C=O) groups excluding carboxylic acids is 2. The third kappa shape index (κ3) is 8.05. The molecule has 1 aromatic carbocycles. The minimum Gasteiger partial charge on any atom is -0.444 e. The maximum atomic E-state index is 12.7. The van der Waals surface area contributed by atoms with E-state index in [-0.39, 0.29) is 24.0 Å². The van der Waals surface area contributed by atoms with E-state index in [0.29, 0.717) is 19.0 Å². The Labute approximate surface area is 175 Å². The molecule has 6 nitrogen and oxygen atoms in total. The largest absolute Gasteiger partial charge is 0.444 e. The molecular weight excluding hydrogens is 366 g/mol. The van der Waals surface area contributed by atoms with Gasteiger partial charge < -0.3 is 15.4 Å². The van der Waals surface area contributed by atoms with Gasteiger partial charge in [-0.3, -0.25) is 9.69 Å². The van der Waals surface area contributed by atoms with Crippen LogP contribution in [0.5, 0.6) is 0 Å². The second-order valence-electron chi connectivity index (χ2n) is 9.12. The summed E-state index contributed by atoms with van der Waals surface area (Å²) >= 11 is 0. The number of piperidine rings is 1. The summed E-state index contributed by atoms with van der Waals surface area (Å²) in [6.07, 6.45) is 1.69. The van der Waals surface area contributed by atoms with Gasteiger partial charge in [-0.2, -0.15) is 0 Å². The number of hydrogen-bond acceptors (Lipinski definition) is 4. The van der Waals surface area contributed by atoms with Gasteiger partial charge in [-0.05, 0) is 64.5 Å². The summed E-state index contributed by atoms with van der Waals surface area (Å²) in [5, 5.41) is 5.97. The summed E-state index contributed by atoms with van der Waals surface area (Å²) in [5.74, 6) is 0.669. The highest BCUT2D eigenvalue weighted by Crippen LogP contribution is 2.19. The zero-order valence-corrected chi connectivity index (χ0v) is 18.5. The van der Waals surface area contributed by atoms with Crippen LogP contribution in [0.1, 0.15) is 58.9 Å². The fourth-order valence-corrected chi connectivity index (χ4v) is 3.62. The first kappa shape index (κ1) is 23.2. The van der Waals surface area contributed by atoms with Gasteiger partial charge in [-0.25, -0.2) is 4.79 Å². The lowest BCUT2D eigenvalue weighted by Crippen LogP contribution is -2.51. The van der Waals surface area contributed by atoms with Crippen LogP contribution in [0.3, 0.4) is 0 Å². The van der Waals surface area contributed by atoms with Gasteiger partial charge in [0.2, 0.25) is 5.91 Å². The molecule has 0 radical (unpaired) electrons. The van der Waals surface area contributed by atoms with E-state index in [0.717, 1.165) is 25.9 Å². The van der Waals surface area contributed by atoms with Crippen molar-refractivity contribution < 1.29 is 14.3 Å². The number of likely N-dealkylation sites (tertiary alicyclic amines) is 1. The Balaban J connectivity index is 1.77. The molecule has 1 saturated heterocycles. The molecule has 0 saturated carbocycles. The highest BCUT2D eigenvalue weighted by Gasteiger charge is 2.28. The van der Waals surface area contributed by atoms with E-state index in [9.17, 15) is 9.59 Å². The van der Waals surface area contributed by atoms with Crippen molar-refractivity contribution in [3.63, 3.8) is 0 Å². The standard InChI is InChI=1S/C23H37N3O3/c1-17(20-11-7-6-8-12-20)14-24-21(27)18(2)26-13-9-10-19(16-26)15-25-22(28)29-23(3,4)5/h6-8,11-12,17-19H,9-10,13-16H2,1-5H3,(H,24,27)(H,25,28). The third-order valence-corrected chi connectivity index (χ3v) is 5.36. The van der Waals surface area contributed by atoms with Crippen molar-refractivity contribution in [1.29, 1.82) is 0 Å². The Bertz CT molecular complexity index is 657. The van der Waals surface area contributed by atoms with E-state index >= 15 is 0 Å². The molecule has 3 unspecified atom stereocenters. The number of carbonyl (C=O) groups is 2. The van der Waals surface area contributed by atoms with Gasteiger partial charge in [0.25, 0.3) is 0 Å². The lowest BCUT2D eigenvalue weighted by molar-refractivity contribution is -0.126. The molecule has 0 spiro atoms. The molecule has 0 aliphatic carbocycles. The van der Waals surface area contributed by atoms with Gasteiger partial charge in [0.1, 0.15) is 5.60 Å². The van der Waals surface area contributed by atoms with E-state index in [1.165, 1.54) is 5.56 Å². The van der Waals surface area contributed by atoms with Gasteiger partial charge in [0.15, 0.2) is 0 Å². The van der Waals surface area contributed by atoms with Gasteiger partial charge in [-0.1, -0.05) is 37.3 Å². The highest BCUT2D eigenvalue weighted by atomic mass is 16.6. The second kappa shape index (κ2) is 10.6. The van der Waals surface area contributed by atoms with Crippen molar-refractivity contribution in [1.82, 2.24) is 15.5 Å². The maximum Gasteiger partial charge on any atom is 0.407 e. The van der Waals surface area contributed by atoms with Crippen molar-refractivity contribution in [2.45, 2.75) is 65.0 Å². The summed E-state index contributed by atoms with van der Waals surface area (Å²) in [7, 11) is 0. The average Bonchev–Trinajstić information content (AvgIpc) is 2.69. The summed E-state index contributed by atoms with van der Waals surface area (Å²) < 4.78 is 5.30. The predicted molar refractivity (Wildman–Crippen MR) is 116 cm³/mol. The second-order valence-corrected chi connectivity index (χ2v) is 9.12. The number of benzene rings is 1. The summed E-state index contributed by atoms with van der Waals surface area (Å²) in [6.45, 7) is 12.6. The first-order chi connectivity index (χ1) is 13.7. The third-order valence-electron chi connectivity index (χ3n) is 5.36. The number of nitrogens with one attached hydrogen (secondary N) is 2. The van der Waals surface area contributed by atoms with Crippen LogP contribution in [0, 0.1) is 5.92 Å². The van der Waals surface area contributed by atoms with Crippen LogP contribution in [0.25, 0.3) is 0 Å². The van der Waals surface area contributed by atoms with Gasteiger partial charge in [0.05, 0.1) is 6.04 Å². The number of rotatable bonds is 7. The van der Waals surface area contributed by atoms with Crippen LogP contribution >= 0.6 is 0 Å². The smallest absolute Gasteiger partial charge is 0.407 e. The topological polar surface area (TPSA) is 70.7 Å². The lowest BCUT2D eigenvalue weighted by Gasteiger charge is -2.36. The molecule has 0 bridgehead atoms. The fourth-order valence-electron chi connectivity index (χ4n) is 3.62. The molecule has 1 fully saturated rings. The van der Waals surface area contributed by atoms with Gasteiger partial charge in [-0.15, -0.1) is 0 Å². The molecule has 0 aromatic heterocycles. The molecule has 2 amide bonds. The highest BCUT2D eigenvalue weighted by molar-refractivity contribution is 5.81. The Morgan fingerprint density at radius 2 is 1.86 bits per heavy atom. The van der Waals surface area contributed by atoms with Crippen LogP contribution < -0.4 is 10.6 Å². The summed E-state index contributed by atoms with van der Waals surface area (Å²) in [5.41, 5.74) is 0.735. The first-order valence-electron chi connectivity index (χ1n) is 10.7. The van der Waals surface area contributed by atoms with Crippen LogP contribution in [0.15, 0.2) is 30.3 Å². The van der Waals surface area contributed by atoms with Crippen LogP contribution in [-0.2, 0) is 9.53 Å². The minimum absolute atomic E-state index is 0.0635. The molecule has 2 rings (SSSR count). The molecular formula is C23H37N3O3. The van der Waals surface area contributed by atoms with Crippen molar-refractivity contribution in [3.05, 3.63) is 35.9 Å². The maximum absolute atomic E-state index is 12.7. The molecule has 1 heterocycles. The van der Waals surface area contributed by atoms with Crippen LogP contribution in [-0.4, -0.2) is 54.7 Å². The van der Waals surface area contributed by atoms with Crippen molar-refractivity contribution in [2.24, 2.45) is 5.92 Å². The van der Waals surface area contributed by atoms with E-state index in [4.69, 9.17) is 4.74 Å². The number of amides is 2. The van der Waals surface area contributed by atoms with Crippen molar-refractivity contribution in [2.75, 3.05) is 26.2 Å². The zero-order valence-electron chi connectivity index (χ0n) is 18.5. The summed E-state index contributed by atoms with van der Waals surface area (Å²) in [6, 6.07) is 10.1. The van der Waals surface area contributed by atoms with E-state index in [1.807, 2.05) is 45.9 Å². The molecule has 1 aliphatic heterocycles. The quantitative estimate of drug-likeness (QED) is 0.731. The molecule has 29 heavy (non-hydrogen) atoms. The number of ether oxygens (including phenoxy) is 1. The Kier molecular flexibility index (Phi) is 8.50. The number of hydrogen-bond donors (Lipinski definition) is 2. The fraction of sp³-hybridized carbons (Fsp3) is 0.652. The van der Waals surface area contributed by atoms with Crippen molar-refractivity contribution >= 4 is 12.0 Å². The normalized spacial score (nSPS) is 19.8. The minimum atomic E-state index is -0.494. The van der Waals surface area contributed by atoms with Crippen LogP contribution in [0.4, 0.5) is 4.79 Å². The Morgan fingerprint density at radius 1 is 1.17 bits per heavy atom. The molecule has 1 aliphatic rings. The number of nitrogens with zero attached hydrogens (tertiary/aromatic N) is 1. The lowest BCUT2D eigenvalue weighted by atomic mass is 9.96. The molecule has 162 valence electrons. The predicted octanol–water partition coefficient (Wildman–Crippen LogP) is 3.53. The monoisotopic (exact) mass is 403 g/mol. The van der Waals surface area contributed by atoms with Gasteiger partial charge >= 0.3 is 6.09 Å². The van der Waals surface area contributed by atoms with Crippen LogP contribution in [0.2, 0.25) is 0 Å². The molecule has 2 N–H and O–H groups in total. The Morgan fingerprint density at radius 3 is 2.52 bits per heavy atom. The zero-order chi connectivity index (χ0) is 21.4. The molecule has 6 heteroatoms. The molecule has 3 atom stereocenters. The van der Waals surface area contributed by atoms with Gasteiger partial charge in [0, 0.05) is 19.6 Å². The van der Waals surface area contributed by atoms with E-state index < -0.39 is 5.60 Å². The van der Waals surface area contributed by atoms with E-state index in [2.05, 4.69) is 34.6 Å². The number of alkyl carbamates (subject to hydrolysis) is 1. The summed E-state index contributed by atoms with van der Waals surface area (Å²) in [4.78, 5) is 26.8. The van der Waals surface area contributed by atoms with Crippen molar-refractivity contribution in [3.8, 4) is 0 Å². The van der Waals surface area contributed by atoms with E-state index in [1.54, 1.807) is 0 Å². The first-order valence-corrected chi connectivity index (χ1v) is 10.7.